The third-order valence-corrected chi connectivity index (χ3v) is 3.93. The van der Waals surface area contributed by atoms with Crippen LogP contribution in [0.25, 0.3) is 0 Å². The summed E-state index contributed by atoms with van der Waals surface area (Å²) in [4.78, 5) is 2.44. The van der Waals surface area contributed by atoms with E-state index >= 15 is 0 Å². The van der Waals surface area contributed by atoms with Gasteiger partial charge in [0.15, 0.2) is 0 Å². The number of hydrogen-bond acceptors (Lipinski definition) is 3. The van der Waals surface area contributed by atoms with Gasteiger partial charge in [-0.15, -0.1) is 0 Å². The minimum absolute atomic E-state index is 0.138. The molecule has 0 bridgehead atoms. The normalized spacial score (nSPS) is 19.0. The van der Waals surface area contributed by atoms with Gasteiger partial charge < -0.3 is 9.47 Å². The van der Waals surface area contributed by atoms with Crippen LogP contribution in [0.4, 0.5) is 0 Å². The first-order valence-electron chi connectivity index (χ1n) is 7.87. The summed E-state index contributed by atoms with van der Waals surface area (Å²) in [5, 5.41) is 0. The maximum absolute atomic E-state index is 5.82. The second-order valence-electron chi connectivity index (χ2n) is 5.84. The fraction of sp³-hybridized carbons (Fsp3) is 0.368. The molecule has 3 nitrogen and oxygen atoms in total. The third-order valence-electron chi connectivity index (χ3n) is 3.93. The average molecular weight is 297 g/mol. The van der Waals surface area contributed by atoms with Crippen molar-refractivity contribution in [1.82, 2.24) is 4.90 Å². The van der Waals surface area contributed by atoms with Gasteiger partial charge in [-0.1, -0.05) is 48.0 Å². The van der Waals surface area contributed by atoms with Crippen LogP contribution >= 0.6 is 0 Å². The molecule has 116 valence electrons. The van der Waals surface area contributed by atoms with E-state index in [-0.39, 0.29) is 6.10 Å². The standard InChI is InChI=1S/C19H23NO2/c1-16-7-9-17(10-8-16)13-20-11-12-21-19(14-20)15-22-18-5-3-2-4-6-18/h2-10,19H,11-15H2,1H3. The van der Waals surface area contributed by atoms with Gasteiger partial charge in [-0.2, -0.15) is 0 Å². The molecule has 1 unspecified atom stereocenters. The summed E-state index contributed by atoms with van der Waals surface area (Å²) in [5.41, 5.74) is 2.66. The molecule has 0 aliphatic carbocycles. The first-order valence-corrected chi connectivity index (χ1v) is 7.87. The van der Waals surface area contributed by atoms with Gasteiger partial charge in [-0.25, -0.2) is 0 Å². The van der Waals surface area contributed by atoms with Gasteiger partial charge in [0.25, 0.3) is 0 Å². The minimum atomic E-state index is 0.138. The van der Waals surface area contributed by atoms with Crippen molar-refractivity contribution in [2.24, 2.45) is 0 Å². The van der Waals surface area contributed by atoms with E-state index in [0.29, 0.717) is 6.61 Å². The summed E-state index contributed by atoms with van der Waals surface area (Å²) in [7, 11) is 0. The molecule has 3 heteroatoms. The van der Waals surface area contributed by atoms with Crippen LogP contribution in [0.3, 0.4) is 0 Å². The number of hydrogen-bond donors (Lipinski definition) is 0. The molecule has 2 aromatic rings. The summed E-state index contributed by atoms with van der Waals surface area (Å²) >= 11 is 0. The van der Waals surface area contributed by atoms with E-state index in [9.17, 15) is 0 Å². The number of nitrogens with zero attached hydrogens (tertiary/aromatic N) is 1. The highest BCUT2D eigenvalue weighted by Crippen LogP contribution is 2.14. The van der Waals surface area contributed by atoms with E-state index in [1.165, 1.54) is 11.1 Å². The molecule has 3 rings (SSSR count). The Morgan fingerprint density at radius 1 is 1.09 bits per heavy atom. The lowest BCUT2D eigenvalue weighted by atomic mass is 10.1. The van der Waals surface area contributed by atoms with Crippen molar-refractivity contribution in [3.8, 4) is 5.75 Å². The van der Waals surface area contributed by atoms with Crippen LogP contribution in [0.5, 0.6) is 5.75 Å². The van der Waals surface area contributed by atoms with Gasteiger partial charge in [-0.05, 0) is 24.6 Å². The lowest BCUT2D eigenvalue weighted by Gasteiger charge is -2.32. The van der Waals surface area contributed by atoms with Crippen molar-refractivity contribution in [3.05, 3.63) is 65.7 Å². The molecule has 0 aromatic heterocycles. The Balaban J connectivity index is 1.49. The zero-order valence-electron chi connectivity index (χ0n) is 13.1. The fourth-order valence-corrected chi connectivity index (χ4v) is 2.68. The second-order valence-corrected chi connectivity index (χ2v) is 5.84. The summed E-state index contributed by atoms with van der Waals surface area (Å²) in [6, 6.07) is 18.7. The molecule has 1 aliphatic rings. The van der Waals surface area contributed by atoms with Gasteiger partial charge in [-0.3, -0.25) is 4.90 Å². The molecule has 1 atom stereocenters. The smallest absolute Gasteiger partial charge is 0.119 e. The van der Waals surface area contributed by atoms with Crippen molar-refractivity contribution in [3.63, 3.8) is 0 Å². The quantitative estimate of drug-likeness (QED) is 0.845. The topological polar surface area (TPSA) is 21.7 Å². The zero-order valence-corrected chi connectivity index (χ0v) is 13.1. The number of para-hydroxylation sites is 1. The number of rotatable bonds is 5. The zero-order chi connectivity index (χ0) is 15.2. The van der Waals surface area contributed by atoms with Crippen LogP contribution in [0.15, 0.2) is 54.6 Å². The molecular formula is C19H23NO2. The van der Waals surface area contributed by atoms with Crippen LogP contribution < -0.4 is 4.74 Å². The summed E-state index contributed by atoms with van der Waals surface area (Å²) in [6.45, 7) is 6.38. The van der Waals surface area contributed by atoms with E-state index in [2.05, 4.69) is 36.1 Å². The Hall–Kier alpha value is -1.84. The molecule has 0 amide bonds. The minimum Gasteiger partial charge on any atom is -0.491 e. The lowest BCUT2D eigenvalue weighted by Crippen LogP contribution is -2.44. The highest BCUT2D eigenvalue weighted by Gasteiger charge is 2.21. The van der Waals surface area contributed by atoms with E-state index in [4.69, 9.17) is 9.47 Å². The maximum atomic E-state index is 5.82. The van der Waals surface area contributed by atoms with E-state index < -0.39 is 0 Å². The maximum Gasteiger partial charge on any atom is 0.119 e. The molecular weight excluding hydrogens is 274 g/mol. The van der Waals surface area contributed by atoms with E-state index in [1.807, 2.05) is 30.3 Å². The van der Waals surface area contributed by atoms with Crippen LogP contribution in [0.1, 0.15) is 11.1 Å². The van der Waals surface area contributed by atoms with Crippen molar-refractivity contribution in [2.75, 3.05) is 26.3 Å². The number of benzene rings is 2. The molecule has 1 fully saturated rings. The predicted octanol–water partition coefficient (Wildman–Crippen LogP) is 3.27. The molecule has 22 heavy (non-hydrogen) atoms. The van der Waals surface area contributed by atoms with Crippen LogP contribution in [0, 0.1) is 6.92 Å². The van der Waals surface area contributed by atoms with Gasteiger partial charge in [0.1, 0.15) is 18.5 Å². The largest absolute Gasteiger partial charge is 0.491 e. The molecule has 0 saturated carbocycles. The van der Waals surface area contributed by atoms with Crippen molar-refractivity contribution in [1.29, 1.82) is 0 Å². The lowest BCUT2D eigenvalue weighted by molar-refractivity contribution is -0.0504. The third kappa shape index (κ3) is 4.33. The first-order chi connectivity index (χ1) is 10.8. The monoisotopic (exact) mass is 297 g/mol. The number of ether oxygens (including phenoxy) is 2. The van der Waals surface area contributed by atoms with Crippen LogP contribution in [-0.4, -0.2) is 37.3 Å². The number of aryl methyl sites for hydroxylation is 1. The first kappa shape index (κ1) is 15.1. The molecule has 1 heterocycles. The van der Waals surface area contributed by atoms with Crippen LogP contribution in [0.2, 0.25) is 0 Å². The Morgan fingerprint density at radius 3 is 2.64 bits per heavy atom. The van der Waals surface area contributed by atoms with E-state index in [0.717, 1.165) is 32.0 Å². The fourth-order valence-electron chi connectivity index (χ4n) is 2.68. The van der Waals surface area contributed by atoms with Gasteiger partial charge in [0.05, 0.1) is 6.61 Å². The summed E-state index contributed by atoms with van der Waals surface area (Å²) < 4.78 is 11.6. The Morgan fingerprint density at radius 2 is 1.86 bits per heavy atom. The van der Waals surface area contributed by atoms with Gasteiger partial charge in [0.2, 0.25) is 0 Å². The van der Waals surface area contributed by atoms with Crippen molar-refractivity contribution < 1.29 is 9.47 Å². The Labute approximate surface area is 132 Å². The Bertz CT molecular complexity index is 568. The van der Waals surface area contributed by atoms with Crippen molar-refractivity contribution in [2.45, 2.75) is 19.6 Å². The Kier molecular flexibility index (Phi) is 5.09. The highest BCUT2D eigenvalue weighted by atomic mass is 16.5. The van der Waals surface area contributed by atoms with E-state index in [1.54, 1.807) is 0 Å². The average Bonchev–Trinajstić information content (AvgIpc) is 2.57. The second kappa shape index (κ2) is 7.43. The van der Waals surface area contributed by atoms with Gasteiger partial charge >= 0.3 is 0 Å². The van der Waals surface area contributed by atoms with Gasteiger partial charge in [0, 0.05) is 19.6 Å². The molecule has 1 saturated heterocycles. The summed E-state index contributed by atoms with van der Waals surface area (Å²) in [6.07, 6.45) is 0.138. The molecule has 1 aliphatic heterocycles. The molecule has 0 N–H and O–H groups in total. The predicted molar refractivity (Wildman–Crippen MR) is 88.1 cm³/mol. The van der Waals surface area contributed by atoms with Crippen LogP contribution in [-0.2, 0) is 11.3 Å². The molecule has 0 radical (unpaired) electrons. The highest BCUT2D eigenvalue weighted by molar-refractivity contribution is 5.22. The van der Waals surface area contributed by atoms with Crippen molar-refractivity contribution >= 4 is 0 Å². The molecule has 2 aromatic carbocycles. The molecule has 0 spiro atoms. The number of morpholine rings is 1. The SMILES string of the molecule is Cc1ccc(CN2CCOC(COc3ccccc3)C2)cc1. The summed E-state index contributed by atoms with van der Waals surface area (Å²) in [5.74, 6) is 0.904.